The van der Waals surface area contributed by atoms with Crippen LogP contribution in [0.4, 0.5) is 0 Å². The van der Waals surface area contributed by atoms with Crippen molar-refractivity contribution in [2.45, 2.75) is 47.2 Å². The zero-order valence-electron chi connectivity index (χ0n) is 16.2. The van der Waals surface area contributed by atoms with Gasteiger partial charge in [0.05, 0.1) is 16.6 Å². The minimum Gasteiger partial charge on any atom is -0.350 e. The van der Waals surface area contributed by atoms with Crippen molar-refractivity contribution in [2.24, 2.45) is 5.92 Å². The van der Waals surface area contributed by atoms with Crippen LogP contribution in [0.3, 0.4) is 0 Å². The third-order valence-electron chi connectivity index (χ3n) is 4.51. The van der Waals surface area contributed by atoms with Crippen molar-refractivity contribution in [1.29, 1.82) is 0 Å². The first-order chi connectivity index (χ1) is 13.9. The Hall–Kier alpha value is -1.87. The Balaban J connectivity index is 1.54. The fraction of sp³-hybridized carbons (Fsp3) is 0.381. The molecule has 1 aliphatic heterocycles. The fourth-order valence-electron chi connectivity index (χ4n) is 2.87. The summed E-state index contributed by atoms with van der Waals surface area (Å²) in [5, 5.41) is 0. The number of hydrogen-bond acceptors (Lipinski definition) is 6. The van der Waals surface area contributed by atoms with Crippen LogP contribution in [0.1, 0.15) is 26.2 Å². The molecular formula is C21H25NO5S2. The van der Waals surface area contributed by atoms with Gasteiger partial charge < -0.3 is 4.74 Å². The summed E-state index contributed by atoms with van der Waals surface area (Å²) < 4.78 is 30.7. The van der Waals surface area contributed by atoms with Crippen LogP contribution >= 0.6 is 11.8 Å². The number of hydroxylamine groups is 1. The summed E-state index contributed by atoms with van der Waals surface area (Å²) in [6.07, 6.45) is 2.19. The zero-order valence-corrected chi connectivity index (χ0v) is 17.9. The van der Waals surface area contributed by atoms with E-state index < -0.39 is 28.0 Å². The van der Waals surface area contributed by atoms with Crippen molar-refractivity contribution >= 4 is 27.5 Å². The van der Waals surface area contributed by atoms with E-state index in [0.29, 0.717) is 13.0 Å². The standard InChI is InChI=1S/C21H25NO5S2/c1-16(21(23)22-27-20-9-5-6-14-26-20)15-29(24,25)19-12-10-18(11-13-19)28-17-7-3-2-4-8-17/h2-4,7-8,10-13,16,20H,5-6,9,14-15H2,1H3,(H,22,23). The Morgan fingerprint density at radius 1 is 1.14 bits per heavy atom. The lowest BCUT2D eigenvalue weighted by molar-refractivity contribution is -0.201. The normalized spacial score (nSPS) is 18.2. The molecule has 2 aromatic carbocycles. The van der Waals surface area contributed by atoms with Crippen LogP contribution in [0, 0.1) is 5.92 Å². The lowest BCUT2D eigenvalue weighted by Crippen LogP contribution is -2.37. The Labute approximate surface area is 175 Å². The molecule has 0 spiro atoms. The molecule has 0 saturated carbocycles. The Morgan fingerprint density at radius 3 is 2.48 bits per heavy atom. The molecule has 2 unspecified atom stereocenters. The molecule has 8 heteroatoms. The summed E-state index contributed by atoms with van der Waals surface area (Å²) in [5.41, 5.74) is 2.33. The van der Waals surface area contributed by atoms with E-state index >= 15 is 0 Å². The van der Waals surface area contributed by atoms with E-state index in [0.717, 1.165) is 22.6 Å². The summed E-state index contributed by atoms with van der Waals surface area (Å²) in [6, 6.07) is 16.6. The molecule has 1 aliphatic rings. The van der Waals surface area contributed by atoms with Gasteiger partial charge in [0.2, 0.25) is 5.91 Å². The lowest BCUT2D eigenvalue weighted by atomic mass is 10.2. The number of carbonyl (C=O) groups is 1. The smallest absolute Gasteiger partial charge is 0.247 e. The number of amides is 1. The van der Waals surface area contributed by atoms with Gasteiger partial charge in [-0.3, -0.25) is 4.79 Å². The molecule has 0 aromatic heterocycles. The quantitative estimate of drug-likeness (QED) is 0.635. The number of carbonyl (C=O) groups excluding carboxylic acids is 1. The number of rotatable bonds is 8. The van der Waals surface area contributed by atoms with Gasteiger partial charge in [0, 0.05) is 22.8 Å². The lowest BCUT2D eigenvalue weighted by Gasteiger charge is -2.23. The second-order valence-corrected chi connectivity index (χ2v) is 10.1. The van der Waals surface area contributed by atoms with Crippen LogP contribution in [0.15, 0.2) is 69.3 Å². The SMILES string of the molecule is CC(CS(=O)(=O)c1ccc(Sc2ccccc2)cc1)C(=O)NOC1CCCCO1. The monoisotopic (exact) mass is 435 g/mol. The van der Waals surface area contributed by atoms with Gasteiger partial charge in [-0.05, 0) is 49.2 Å². The average molecular weight is 436 g/mol. The molecule has 1 amide bonds. The summed E-state index contributed by atoms with van der Waals surface area (Å²) in [4.78, 5) is 19.7. The van der Waals surface area contributed by atoms with E-state index in [2.05, 4.69) is 5.48 Å². The van der Waals surface area contributed by atoms with Gasteiger partial charge in [0.1, 0.15) is 0 Å². The molecule has 29 heavy (non-hydrogen) atoms. The van der Waals surface area contributed by atoms with Crippen LogP contribution in [0.25, 0.3) is 0 Å². The van der Waals surface area contributed by atoms with Crippen molar-refractivity contribution in [3.8, 4) is 0 Å². The molecule has 0 aliphatic carbocycles. The van der Waals surface area contributed by atoms with Crippen molar-refractivity contribution in [1.82, 2.24) is 5.48 Å². The van der Waals surface area contributed by atoms with Crippen LogP contribution in [0.5, 0.6) is 0 Å². The van der Waals surface area contributed by atoms with E-state index in [9.17, 15) is 13.2 Å². The number of nitrogens with one attached hydrogen (secondary N) is 1. The second kappa shape index (κ2) is 10.2. The highest BCUT2D eigenvalue weighted by Gasteiger charge is 2.25. The maximum Gasteiger partial charge on any atom is 0.247 e. The van der Waals surface area contributed by atoms with Gasteiger partial charge in [-0.25, -0.2) is 18.7 Å². The maximum atomic E-state index is 12.7. The van der Waals surface area contributed by atoms with Gasteiger partial charge in [-0.15, -0.1) is 0 Å². The molecule has 6 nitrogen and oxygen atoms in total. The molecular weight excluding hydrogens is 410 g/mol. The van der Waals surface area contributed by atoms with E-state index in [-0.39, 0.29) is 10.6 Å². The van der Waals surface area contributed by atoms with E-state index in [1.165, 1.54) is 0 Å². The predicted octanol–water partition coefficient (Wildman–Crippen LogP) is 3.82. The van der Waals surface area contributed by atoms with Crippen LogP contribution in [0.2, 0.25) is 0 Å². The highest BCUT2D eigenvalue weighted by Crippen LogP contribution is 2.28. The summed E-state index contributed by atoms with van der Waals surface area (Å²) in [7, 11) is -3.59. The molecule has 156 valence electrons. The molecule has 0 bridgehead atoms. The third-order valence-corrected chi connectivity index (χ3v) is 7.45. The number of sulfone groups is 1. The third kappa shape index (κ3) is 6.57. The van der Waals surface area contributed by atoms with Gasteiger partial charge in [-0.1, -0.05) is 36.9 Å². The van der Waals surface area contributed by atoms with Crippen LogP contribution in [-0.4, -0.2) is 33.0 Å². The zero-order chi connectivity index (χ0) is 20.7. The van der Waals surface area contributed by atoms with Crippen molar-refractivity contribution in [3.63, 3.8) is 0 Å². The fourth-order valence-corrected chi connectivity index (χ4v) is 5.26. The largest absolute Gasteiger partial charge is 0.350 e. The molecule has 1 heterocycles. The highest BCUT2D eigenvalue weighted by atomic mass is 32.2. The molecule has 2 aromatic rings. The minimum atomic E-state index is -3.59. The molecule has 1 fully saturated rings. The average Bonchev–Trinajstić information content (AvgIpc) is 2.73. The summed E-state index contributed by atoms with van der Waals surface area (Å²) in [5.74, 6) is -1.51. The Morgan fingerprint density at radius 2 is 1.83 bits per heavy atom. The van der Waals surface area contributed by atoms with Gasteiger partial charge in [0.25, 0.3) is 0 Å². The van der Waals surface area contributed by atoms with Gasteiger partial charge in [-0.2, -0.15) is 0 Å². The van der Waals surface area contributed by atoms with E-state index in [1.807, 2.05) is 30.3 Å². The molecule has 1 saturated heterocycles. The maximum absolute atomic E-state index is 12.7. The Kier molecular flexibility index (Phi) is 7.71. The first-order valence-electron chi connectivity index (χ1n) is 9.57. The van der Waals surface area contributed by atoms with Crippen LogP contribution < -0.4 is 5.48 Å². The number of ether oxygens (including phenoxy) is 1. The molecule has 2 atom stereocenters. The van der Waals surface area contributed by atoms with Gasteiger partial charge >= 0.3 is 0 Å². The van der Waals surface area contributed by atoms with Crippen molar-refractivity contribution in [3.05, 3.63) is 54.6 Å². The van der Waals surface area contributed by atoms with Gasteiger partial charge in [0.15, 0.2) is 16.1 Å². The van der Waals surface area contributed by atoms with Crippen molar-refractivity contribution in [2.75, 3.05) is 12.4 Å². The first kappa shape index (κ1) is 21.8. The molecule has 1 N–H and O–H groups in total. The number of hydrogen-bond donors (Lipinski definition) is 1. The minimum absolute atomic E-state index is 0.200. The predicted molar refractivity (Wildman–Crippen MR) is 111 cm³/mol. The number of benzene rings is 2. The topological polar surface area (TPSA) is 81.7 Å². The van der Waals surface area contributed by atoms with Crippen molar-refractivity contribution < 1.29 is 22.8 Å². The summed E-state index contributed by atoms with van der Waals surface area (Å²) >= 11 is 1.56. The Bertz CT molecular complexity index is 894. The van der Waals surface area contributed by atoms with E-state index in [1.54, 1.807) is 43.0 Å². The summed E-state index contributed by atoms with van der Waals surface area (Å²) in [6.45, 7) is 2.17. The van der Waals surface area contributed by atoms with E-state index in [4.69, 9.17) is 9.57 Å². The first-order valence-corrected chi connectivity index (χ1v) is 12.0. The second-order valence-electron chi connectivity index (χ2n) is 6.95. The van der Waals surface area contributed by atoms with Crippen LogP contribution in [-0.2, 0) is 24.2 Å². The highest BCUT2D eigenvalue weighted by molar-refractivity contribution is 7.99. The molecule has 3 rings (SSSR count). The molecule has 0 radical (unpaired) electrons.